The zero-order valence-electron chi connectivity index (χ0n) is 8.32. The van der Waals surface area contributed by atoms with Crippen molar-refractivity contribution in [2.45, 2.75) is 18.6 Å². The molecule has 0 amide bonds. The molecule has 15 heavy (non-hydrogen) atoms. The molecule has 1 aliphatic heterocycles. The molecule has 0 aromatic heterocycles. The topological polar surface area (TPSA) is 55.5 Å². The molecule has 0 saturated heterocycles. The van der Waals surface area contributed by atoms with E-state index in [1.165, 1.54) is 12.1 Å². The highest BCUT2D eigenvalue weighted by molar-refractivity contribution is 5.32. The zero-order valence-corrected chi connectivity index (χ0v) is 8.32. The number of hydrogen-bond donors (Lipinski definition) is 2. The third-order valence-electron chi connectivity index (χ3n) is 2.67. The molecule has 0 bridgehead atoms. The van der Waals surface area contributed by atoms with Crippen LogP contribution in [0.25, 0.3) is 0 Å². The maximum Gasteiger partial charge on any atom is 0.123 e. The Balaban J connectivity index is 2.34. The van der Waals surface area contributed by atoms with E-state index in [2.05, 4.69) is 0 Å². The summed E-state index contributed by atoms with van der Waals surface area (Å²) in [6, 6.07) is 4.53. The van der Waals surface area contributed by atoms with Crippen molar-refractivity contribution in [3.63, 3.8) is 0 Å². The Morgan fingerprint density at radius 1 is 1.60 bits per heavy atom. The molecule has 4 heteroatoms. The number of fused-ring (bicyclic) bond motifs is 1. The molecule has 82 valence electrons. The number of rotatable bonds is 2. The maximum absolute atomic E-state index is 13.0. The van der Waals surface area contributed by atoms with E-state index < -0.39 is 12.2 Å². The van der Waals surface area contributed by atoms with Gasteiger partial charge in [-0.2, -0.15) is 0 Å². The summed E-state index contributed by atoms with van der Waals surface area (Å²) in [5, 5.41) is 9.66. The summed E-state index contributed by atoms with van der Waals surface area (Å²) in [6.45, 7) is 0.639. The van der Waals surface area contributed by atoms with Gasteiger partial charge in [0.2, 0.25) is 0 Å². The number of halogens is 1. The largest absolute Gasteiger partial charge is 0.389 e. The average Bonchev–Trinajstić information content (AvgIpc) is 2.26. The number of aliphatic hydroxyl groups is 1. The van der Waals surface area contributed by atoms with Gasteiger partial charge < -0.3 is 15.6 Å². The van der Waals surface area contributed by atoms with E-state index in [-0.39, 0.29) is 12.4 Å². The van der Waals surface area contributed by atoms with Crippen LogP contribution < -0.4 is 5.73 Å². The average molecular weight is 211 g/mol. The Bertz CT molecular complexity index is 356. The SMILES string of the molecule is NC[C@@H](O)C1OCCc2cc(F)ccc21. The molecule has 1 unspecified atom stereocenters. The standard InChI is InChI=1S/C11H14FNO2/c12-8-1-2-9-7(5-8)3-4-15-11(9)10(14)6-13/h1-2,5,10-11,14H,3-4,6,13H2/t10-,11?/m1/s1. The van der Waals surface area contributed by atoms with Crippen molar-refractivity contribution >= 4 is 0 Å². The monoisotopic (exact) mass is 211 g/mol. The molecular formula is C11H14FNO2. The molecule has 3 nitrogen and oxygen atoms in total. The van der Waals surface area contributed by atoms with Crippen molar-refractivity contribution in [1.29, 1.82) is 0 Å². The minimum absolute atomic E-state index is 0.140. The van der Waals surface area contributed by atoms with Crippen LogP contribution in [-0.2, 0) is 11.2 Å². The summed E-state index contributed by atoms with van der Waals surface area (Å²) in [5.41, 5.74) is 7.14. The van der Waals surface area contributed by atoms with E-state index in [1.807, 2.05) is 0 Å². The summed E-state index contributed by atoms with van der Waals surface area (Å²) in [7, 11) is 0. The number of ether oxygens (including phenoxy) is 1. The van der Waals surface area contributed by atoms with E-state index >= 15 is 0 Å². The quantitative estimate of drug-likeness (QED) is 0.759. The predicted molar refractivity (Wildman–Crippen MR) is 53.9 cm³/mol. The molecule has 3 N–H and O–H groups in total. The van der Waals surface area contributed by atoms with E-state index in [1.54, 1.807) is 6.07 Å². The van der Waals surface area contributed by atoms with Crippen molar-refractivity contribution in [1.82, 2.24) is 0 Å². The lowest BCUT2D eigenvalue weighted by molar-refractivity contribution is -0.0424. The summed E-state index contributed by atoms with van der Waals surface area (Å²) in [5.74, 6) is -0.253. The Kier molecular flexibility index (Phi) is 3.00. The van der Waals surface area contributed by atoms with Gasteiger partial charge in [-0.05, 0) is 29.7 Å². The van der Waals surface area contributed by atoms with Crippen LogP contribution >= 0.6 is 0 Å². The van der Waals surface area contributed by atoms with Crippen LogP contribution in [0.1, 0.15) is 17.2 Å². The highest BCUT2D eigenvalue weighted by Gasteiger charge is 2.26. The van der Waals surface area contributed by atoms with E-state index in [0.29, 0.717) is 13.0 Å². The fraction of sp³-hybridized carbons (Fsp3) is 0.455. The van der Waals surface area contributed by atoms with Gasteiger partial charge in [0.05, 0.1) is 12.7 Å². The van der Waals surface area contributed by atoms with Crippen LogP contribution in [0.2, 0.25) is 0 Å². The minimum Gasteiger partial charge on any atom is -0.389 e. The first kappa shape index (κ1) is 10.5. The summed E-state index contributed by atoms with van der Waals surface area (Å²) in [6.07, 6.45) is -0.463. The summed E-state index contributed by atoms with van der Waals surface area (Å²) in [4.78, 5) is 0. The molecule has 1 aromatic carbocycles. The summed E-state index contributed by atoms with van der Waals surface area (Å²) < 4.78 is 18.4. The van der Waals surface area contributed by atoms with Crippen LogP contribution in [0.5, 0.6) is 0 Å². The predicted octanol–water partition coefficient (Wildman–Crippen LogP) is 0.759. The first-order chi connectivity index (χ1) is 7.22. The third-order valence-corrected chi connectivity index (χ3v) is 2.67. The molecule has 0 fully saturated rings. The second kappa shape index (κ2) is 4.26. The second-order valence-electron chi connectivity index (χ2n) is 3.69. The molecular weight excluding hydrogens is 197 g/mol. The van der Waals surface area contributed by atoms with Crippen LogP contribution in [0.3, 0.4) is 0 Å². The number of benzene rings is 1. The Morgan fingerprint density at radius 2 is 2.40 bits per heavy atom. The van der Waals surface area contributed by atoms with Crippen molar-refractivity contribution < 1.29 is 14.2 Å². The fourth-order valence-corrected chi connectivity index (χ4v) is 1.90. The Labute approximate surface area is 87.7 Å². The van der Waals surface area contributed by atoms with E-state index in [0.717, 1.165) is 11.1 Å². The van der Waals surface area contributed by atoms with Gasteiger partial charge in [-0.15, -0.1) is 0 Å². The first-order valence-electron chi connectivity index (χ1n) is 5.00. The lowest BCUT2D eigenvalue weighted by Crippen LogP contribution is -2.32. The number of nitrogens with two attached hydrogens (primary N) is 1. The van der Waals surface area contributed by atoms with Gasteiger partial charge in [-0.25, -0.2) is 4.39 Å². The van der Waals surface area contributed by atoms with Crippen LogP contribution in [-0.4, -0.2) is 24.4 Å². The molecule has 0 radical (unpaired) electrons. The molecule has 1 aliphatic rings. The zero-order chi connectivity index (χ0) is 10.8. The second-order valence-corrected chi connectivity index (χ2v) is 3.69. The highest BCUT2D eigenvalue weighted by Crippen LogP contribution is 2.29. The van der Waals surface area contributed by atoms with Crippen molar-refractivity contribution in [3.05, 3.63) is 35.1 Å². The van der Waals surface area contributed by atoms with Crippen LogP contribution in [0.15, 0.2) is 18.2 Å². The molecule has 0 saturated carbocycles. The lowest BCUT2D eigenvalue weighted by Gasteiger charge is -2.29. The normalized spacial score (nSPS) is 22.2. The van der Waals surface area contributed by atoms with Gasteiger partial charge in [-0.1, -0.05) is 6.07 Å². The van der Waals surface area contributed by atoms with Crippen molar-refractivity contribution in [2.24, 2.45) is 5.73 Å². The molecule has 0 aliphatic carbocycles. The third kappa shape index (κ3) is 2.02. The molecule has 2 rings (SSSR count). The molecule has 2 atom stereocenters. The Morgan fingerprint density at radius 3 is 3.13 bits per heavy atom. The van der Waals surface area contributed by atoms with Crippen molar-refractivity contribution in [3.8, 4) is 0 Å². The fourth-order valence-electron chi connectivity index (χ4n) is 1.90. The van der Waals surface area contributed by atoms with Gasteiger partial charge in [0.25, 0.3) is 0 Å². The summed E-state index contributed by atoms with van der Waals surface area (Å²) >= 11 is 0. The Hall–Kier alpha value is -0.970. The number of aliphatic hydroxyl groups excluding tert-OH is 1. The van der Waals surface area contributed by atoms with E-state index in [9.17, 15) is 9.50 Å². The van der Waals surface area contributed by atoms with Crippen LogP contribution in [0, 0.1) is 5.82 Å². The van der Waals surface area contributed by atoms with Gasteiger partial charge >= 0.3 is 0 Å². The molecule has 0 spiro atoms. The highest BCUT2D eigenvalue weighted by atomic mass is 19.1. The molecule has 1 aromatic rings. The lowest BCUT2D eigenvalue weighted by atomic mass is 9.94. The minimum atomic E-state index is -0.727. The van der Waals surface area contributed by atoms with Gasteiger partial charge in [0, 0.05) is 6.54 Å². The van der Waals surface area contributed by atoms with Gasteiger partial charge in [0.1, 0.15) is 11.9 Å². The maximum atomic E-state index is 13.0. The van der Waals surface area contributed by atoms with Gasteiger partial charge in [-0.3, -0.25) is 0 Å². The van der Waals surface area contributed by atoms with E-state index in [4.69, 9.17) is 10.5 Å². The van der Waals surface area contributed by atoms with Crippen molar-refractivity contribution in [2.75, 3.05) is 13.2 Å². The molecule has 1 heterocycles. The number of hydrogen-bond acceptors (Lipinski definition) is 3. The van der Waals surface area contributed by atoms with Crippen LogP contribution in [0.4, 0.5) is 4.39 Å². The van der Waals surface area contributed by atoms with Gasteiger partial charge in [0.15, 0.2) is 0 Å². The smallest absolute Gasteiger partial charge is 0.123 e. The first-order valence-corrected chi connectivity index (χ1v) is 5.00.